The standard InChI is InChI=1S/C26H19ClN4O2/c27-17-8-6-9-18(14-17)29-26(33)22(15-28)25(32)23-21-13-16-7-4-5-12-20(16)24(21)31(30-23)19-10-2-1-3-11-19/h2-14,19,22,24H,1H2,(H,29,33). The summed E-state index contributed by atoms with van der Waals surface area (Å²) in [7, 11) is 0. The second-order valence-corrected chi connectivity index (χ2v) is 8.40. The maximum Gasteiger partial charge on any atom is 0.249 e. The molecular formula is C26H19ClN4O2. The van der Waals surface area contributed by atoms with Gasteiger partial charge in [0.15, 0.2) is 5.92 Å². The number of amides is 1. The van der Waals surface area contributed by atoms with Crippen molar-refractivity contribution >= 4 is 40.8 Å². The Morgan fingerprint density at radius 1 is 1.15 bits per heavy atom. The summed E-state index contributed by atoms with van der Waals surface area (Å²) in [4.78, 5) is 26.3. The lowest BCUT2D eigenvalue weighted by molar-refractivity contribution is -0.125. The van der Waals surface area contributed by atoms with Crippen LogP contribution in [0.5, 0.6) is 0 Å². The number of allylic oxidation sites excluding steroid dienone is 2. The molecule has 6 nitrogen and oxygen atoms in total. The van der Waals surface area contributed by atoms with Crippen LogP contribution in [0.2, 0.25) is 5.02 Å². The van der Waals surface area contributed by atoms with Gasteiger partial charge in [0, 0.05) is 16.3 Å². The second-order valence-electron chi connectivity index (χ2n) is 7.97. The van der Waals surface area contributed by atoms with Gasteiger partial charge in [0.1, 0.15) is 11.8 Å². The summed E-state index contributed by atoms with van der Waals surface area (Å²) >= 11 is 5.98. The molecule has 1 aliphatic heterocycles. The van der Waals surface area contributed by atoms with Gasteiger partial charge in [-0.3, -0.25) is 14.6 Å². The summed E-state index contributed by atoms with van der Waals surface area (Å²) in [5, 5.41) is 19.3. The first-order chi connectivity index (χ1) is 16.1. The van der Waals surface area contributed by atoms with E-state index in [1.807, 2.05) is 53.6 Å². The SMILES string of the molecule is N#CC(C(=O)Nc1cccc(Cl)c1)C(=O)C1=NN(C2C=CCC=C2)C2C1=Cc1ccccc12. The van der Waals surface area contributed by atoms with Gasteiger partial charge in [-0.25, -0.2) is 0 Å². The molecule has 7 heteroatoms. The molecule has 0 radical (unpaired) electrons. The monoisotopic (exact) mass is 454 g/mol. The highest BCUT2D eigenvalue weighted by atomic mass is 35.5. The molecule has 0 fully saturated rings. The number of halogens is 1. The average molecular weight is 455 g/mol. The smallest absolute Gasteiger partial charge is 0.249 e. The lowest BCUT2D eigenvalue weighted by atomic mass is 9.93. The Morgan fingerprint density at radius 3 is 2.70 bits per heavy atom. The number of hydrogen-bond donors (Lipinski definition) is 1. The first-order valence-electron chi connectivity index (χ1n) is 10.6. The Morgan fingerprint density at radius 2 is 1.94 bits per heavy atom. The van der Waals surface area contributed by atoms with Crippen LogP contribution in [0, 0.1) is 17.2 Å². The molecule has 162 valence electrons. The summed E-state index contributed by atoms with van der Waals surface area (Å²) in [6.45, 7) is 0. The summed E-state index contributed by atoms with van der Waals surface area (Å²) < 4.78 is 0. The number of rotatable bonds is 5. The highest BCUT2D eigenvalue weighted by Gasteiger charge is 2.45. The Hall–Kier alpha value is -3.95. The van der Waals surface area contributed by atoms with Gasteiger partial charge < -0.3 is 5.32 Å². The molecule has 2 aromatic carbocycles. The van der Waals surface area contributed by atoms with Crippen LogP contribution in [0.3, 0.4) is 0 Å². The van der Waals surface area contributed by atoms with Crippen molar-refractivity contribution in [1.29, 1.82) is 5.26 Å². The van der Waals surface area contributed by atoms with Crippen LogP contribution in [0.15, 0.2) is 83.5 Å². The maximum atomic E-state index is 13.5. The number of carbonyl (C=O) groups is 2. The maximum absolute atomic E-state index is 13.5. The molecule has 2 aromatic rings. The number of anilines is 1. The van der Waals surface area contributed by atoms with E-state index in [4.69, 9.17) is 11.6 Å². The zero-order chi connectivity index (χ0) is 22.9. The van der Waals surface area contributed by atoms with Crippen LogP contribution < -0.4 is 5.32 Å². The molecule has 0 saturated heterocycles. The van der Waals surface area contributed by atoms with E-state index < -0.39 is 17.6 Å². The number of hydrazone groups is 1. The van der Waals surface area contributed by atoms with Gasteiger partial charge in [0.05, 0.1) is 12.1 Å². The van der Waals surface area contributed by atoms with Crippen molar-refractivity contribution < 1.29 is 9.59 Å². The highest BCUT2D eigenvalue weighted by molar-refractivity contribution is 6.51. The van der Waals surface area contributed by atoms with Crippen LogP contribution >= 0.6 is 11.6 Å². The third kappa shape index (κ3) is 3.77. The Balaban J connectivity index is 1.48. The Bertz CT molecular complexity index is 1310. The molecule has 2 atom stereocenters. The van der Waals surface area contributed by atoms with E-state index in [1.54, 1.807) is 24.3 Å². The van der Waals surface area contributed by atoms with Crippen molar-refractivity contribution in [2.24, 2.45) is 11.0 Å². The van der Waals surface area contributed by atoms with Gasteiger partial charge in [-0.2, -0.15) is 10.4 Å². The van der Waals surface area contributed by atoms with Crippen LogP contribution in [0.4, 0.5) is 5.69 Å². The van der Waals surface area contributed by atoms with Gasteiger partial charge in [0.25, 0.3) is 0 Å². The molecule has 0 bridgehead atoms. The predicted octanol–water partition coefficient (Wildman–Crippen LogP) is 4.68. The van der Waals surface area contributed by atoms with Crippen LogP contribution in [0.25, 0.3) is 6.08 Å². The topological polar surface area (TPSA) is 85.6 Å². The van der Waals surface area contributed by atoms with E-state index in [0.29, 0.717) is 16.3 Å². The van der Waals surface area contributed by atoms with Crippen LogP contribution in [-0.4, -0.2) is 28.5 Å². The van der Waals surface area contributed by atoms with E-state index in [2.05, 4.69) is 22.6 Å². The van der Waals surface area contributed by atoms with E-state index in [-0.39, 0.29) is 17.8 Å². The van der Waals surface area contributed by atoms with Gasteiger partial charge in [-0.15, -0.1) is 0 Å². The molecule has 33 heavy (non-hydrogen) atoms. The largest absolute Gasteiger partial charge is 0.324 e. The van der Waals surface area contributed by atoms with Crippen molar-refractivity contribution in [1.82, 2.24) is 5.01 Å². The van der Waals surface area contributed by atoms with Gasteiger partial charge in [-0.1, -0.05) is 66.2 Å². The van der Waals surface area contributed by atoms with Crippen LogP contribution in [-0.2, 0) is 9.59 Å². The zero-order valence-electron chi connectivity index (χ0n) is 17.5. The number of fused-ring (bicyclic) bond motifs is 3. The summed E-state index contributed by atoms with van der Waals surface area (Å²) in [6.07, 6.45) is 11.0. The summed E-state index contributed by atoms with van der Waals surface area (Å²) in [5.74, 6) is -2.87. The van der Waals surface area contributed by atoms with Crippen molar-refractivity contribution in [3.8, 4) is 6.07 Å². The van der Waals surface area contributed by atoms with Crippen LogP contribution in [0.1, 0.15) is 23.6 Å². The number of nitrogens with zero attached hydrogens (tertiary/aromatic N) is 3. The second kappa shape index (κ2) is 8.53. The fourth-order valence-corrected chi connectivity index (χ4v) is 4.55. The summed E-state index contributed by atoms with van der Waals surface area (Å²) in [6, 6.07) is 15.9. The van der Waals surface area contributed by atoms with E-state index in [9.17, 15) is 14.9 Å². The first kappa shape index (κ1) is 20.9. The molecule has 0 aromatic heterocycles. The van der Waals surface area contributed by atoms with E-state index >= 15 is 0 Å². The minimum atomic E-state index is -1.54. The predicted molar refractivity (Wildman–Crippen MR) is 127 cm³/mol. The fourth-order valence-electron chi connectivity index (χ4n) is 4.36. The number of benzene rings is 2. The molecular weight excluding hydrogens is 436 g/mol. The molecule has 1 amide bonds. The fraction of sp³-hybridized carbons (Fsp3) is 0.154. The molecule has 3 aliphatic rings. The lowest BCUT2D eigenvalue weighted by Crippen LogP contribution is -2.33. The lowest BCUT2D eigenvalue weighted by Gasteiger charge is -2.29. The van der Waals surface area contributed by atoms with Crippen molar-refractivity contribution in [2.45, 2.75) is 18.5 Å². The molecule has 5 rings (SSSR count). The van der Waals surface area contributed by atoms with Gasteiger partial charge >= 0.3 is 0 Å². The van der Waals surface area contributed by atoms with Gasteiger partial charge in [0.2, 0.25) is 11.7 Å². The minimum Gasteiger partial charge on any atom is -0.324 e. The number of nitrogens with one attached hydrogen (secondary N) is 1. The summed E-state index contributed by atoms with van der Waals surface area (Å²) in [5.41, 5.74) is 3.32. The van der Waals surface area contributed by atoms with E-state index in [1.165, 1.54) is 0 Å². The molecule has 2 unspecified atom stereocenters. The molecule has 1 N–H and O–H groups in total. The number of nitriles is 1. The minimum absolute atomic E-state index is 0.121. The number of carbonyl (C=O) groups excluding carboxylic acids is 2. The number of Topliss-reactive ketones (excluding diaryl/α,β-unsaturated/α-hetero) is 1. The van der Waals surface area contributed by atoms with Crippen molar-refractivity contribution in [3.63, 3.8) is 0 Å². The van der Waals surface area contributed by atoms with Crippen molar-refractivity contribution in [2.75, 3.05) is 5.32 Å². The molecule has 2 aliphatic carbocycles. The third-order valence-corrected chi connectivity index (χ3v) is 6.11. The Labute approximate surface area is 196 Å². The Kier molecular flexibility index (Phi) is 5.41. The van der Waals surface area contributed by atoms with Crippen molar-refractivity contribution in [3.05, 3.63) is 94.6 Å². The van der Waals surface area contributed by atoms with Gasteiger partial charge in [-0.05, 0) is 41.8 Å². The molecule has 0 saturated carbocycles. The molecule has 0 spiro atoms. The molecule has 1 heterocycles. The van der Waals surface area contributed by atoms with E-state index in [0.717, 1.165) is 17.5 Å². The normalized spacial score (nSPS) is 19.3. The quantitative estimate of drug-likeness (QED) is 0.525. The third-order valence-electron chi connectivity index (χ3n) is 5.87. The first-order valence-corrected chi connectivity index (χ1v) is 11.0. The number of hydrogen-bond acceptors (Lipinski definition) is 5. The zero-order valence-corrected chi connectivity index (χ0v) is 18.2. The highest BCUT2D eigenvalue weighted by Crippen LogP contribution is 2.45. The average Bonchev–Trinajstić information content (AvgIpc) is 3.37. The number of ketones is 1.